The van der Waals surface area contributed by atoms with Crippen molar-refractivity contribution in [3.8, 4) is 0 Å². The van der Waals surface area contributed by atoms with Crippen molar-refractivity contribution in [2.45, 2.75) is 4.90 Å². The van der Waals surface area contributed by atoms with Crippen LogP contribution in [0.1, 0.15) is 10.5 Å². The molecule has 0 fully saturated rings. The molecule has 112 valence electrons. The van der Waals surface area contributed by atoms with Gasteiger partial charge in [-0.1, -0.05) is 0 Å². The molecule has 0 atom stereocenters. The zero-order valence-electron chi connectivity index (χ0n) is 10.2. The average molecular weight is 319 g/mol. The summed E-state index contributed by atoms with van der Waals surface area (Å²) < 4.78 is 62.6. The standard InChI is InChI=1S/C11H8F3N3O3S/c12-6-3-4-8(10(14)9(6)13)21(19,20)17-16-11(18)7-2-1-5-15-7/h1-5,15,17H,(H,16,18). The number of H-pyrrole nitrogens is 1. The number of amides is 1. The molecule has 0 bridgehead atoms. The second-order valence-corrected chi connectivity index (χ2v) is 5.47. The molecule has 1 amide bonds. The fraction of sp³-hybridized carbons (Fsp3) is 0. The zero-order chi connectivity index (χ0) is 15.6. The number of halogens is 3. The number of benzene rings is 1. The summed E-state index contributed by atoms with van der Waals surface area (Å²) in [6, 6.07) is 3.86. The molecule has 3 N–H and O–H groups in total. The molecule has 0 spiro atoms. The number of hydrazine groups is 1. The number of carbonyl (C=O) groups excluding carboxylic acids is 1. The van der Waals surface area contributed by atoms with Gasteiger partial charge in [0.15, 0.2) is 17.5 Å². The Labute approximate surface area is 117 Å². The van der Waals surface area contributed by atoms with Gasteiger partial charge in [-0.05, 0) is 24.3 Å². The lowest BCUT2D eigenvalue weighted by Crippen LogP contribution is -2.42. The SMILES string of the molecule is O=C(NNS(=O)(=O)c1ccc(F)c(F)c1F)c1ccc[nH]1. The van der Waals surface area contributed by atoms with E-state index >= 15 is 0 Å². The van der Waals surface area contributed by atoms with Crippen LogP contribution in [0.3, 0.4) is 0 Å². The van der Waals surface area contributed by atoms with Gasteiger partial charge in [0.25, 0.3) is 15.9 Å². The predicted octanol–water partition coefficient (Wildman–Crippen LogP) is 1.06. The Balaban J connectivity index is 2.20. The molecule has 0 aliphatic carbocycles. The summed E-state index contributed by atoms with van der Waals surface area (Å²) >= 11 is 0. The fourth-order valence-corrected chi connectivity index (χ4v) is 2.33. The van der Waals surface area contributed by atoms with Crippen molar-refractivity contribution in [2.75, 3.05) is 0 Å². The van der Waals surface area contributed by atoms with Crippen molar-refractivity contribution in [3.63, 3.8) is 0 Å². The van der Waals surface area contributed by atoms with Crippen LogP contribution in [0, 0.1) is 17.5 Å². The number of sulfonamides is 1. The van der Waals surface area contributed by atoms with Crippen LogP contribution in [0.25, 0.3) is 0 Å². The largest absolute Gasteiger partial charge is 0.357 e. The summed E-state index contributed by atoms with van der Waals surface area (Å²) in [6.07, 6.45) is 1.43. The molecule has 0 unspecified atom stereocenters. The number of hydrogen-bond donors (Lipinski definition) is 3. The van der Waals surface area contributed by atoms with E-state index in [9.17, 15) is 26.4 Å². The van der Waals surface area contributed by atoms with Crippen molar-refractivity contribution in [1.29, 1.82) is 0 Å². The molecule has 10 heteroatoms. The number of carbonyl (C=O) groups is 1. The molecule has 0 saturated carbocycles. The second kappa shape index (κ2) is 5.58. The molecule has 2 rings (SSSR count). The van der Waals surface area contributed by atoms with E-state index in [1.807, 2.05) is 0 Å². The Morgan fingerprint density at radius 1 is 1.10 bits per heavy atom. The summed E-state index contributed by atoms with van der Waals surface area (Å²) in [5.74, 6) is -6.17. The number of nitrogens with one attached hydrogen (secondary N) is 3. The monoisotopic (exact) mass is 319 g/mol. The van der Waals surface area contributed by atoms with E-state index in [1.54, 1.807) is 10.3 Å². The van der Waals surface area contributed by atoms with Crippen molar-refractivity contribution >= 4 is 15.9 Å². The quantitative estimate of drug-likeness (QED) is 0.581. The lowest BCUT2D eigenvalue weighted by molar-refractivity contribution is 0.0940. The number of aromatic nitrogens is 1. The minimum atomic E-state index is -4.59. The van der Waals surface area contributed by atoms with Crippen LogP contribution in [0.15, 0.2) is 35.4 Å². The lowest BCUT2D eigenvalue weighted by Gasteiger charge is -2.09. The minimum absolute atomic E-state index is 0.0449. The van der Waals surface area contributed by atoms with Gasteiger partial charge in [-0.2, -0.15) is 0 Å². The Hall–Kier alpha value is -2.33. The summed E-state index contributed by atoms with van der Waals surface area (Å²) in [6.45, 7) is 0. The van der Waals surface area contributed by atoms with Crippen LogP contribution in [0.5, 0.6) is 0 Å². The Morgan fingerprint density at radius 3 is 2.43 bits per heavy atom. The van der Waals surface area contributed by atoms with Gasteiger partial charge in [0.2, 0.25) is 0 Å². The molecule has 1 aromatic carbocycles. The smallest absolute Gasteiger partial charge is 0.282 e. The van der Waals surface area contributed by atoms with Crippen molar-refractivity contribution in [3.05, 3.63) is 53.6 Å². The number of hydrogen-bond acceptors (Lipinski definition) is 3. The highest BCUT2D eigenvalue weighted by Gasteiger charge is 2.24. The first kappa shape index (κ1) is 15.1. The van der Waals surface area contributed by atoms with E-state index in [1.165, 1.54) is 18.3 Å². The predicted molar refractivity (Wildman–Crippen MR) is 64.9 cm³/mol. The molecular weight excluding hydrogens is 311 g/mol. The van der Waals surface area contributed by atoms with Crippen LogP contribution in [0.4, 0.5) is 13.2 Å². The maximum absolute atomic E-state index is 13.4. The van der Waals surface area contributed by atoms with Crippen LogP contribution in [0.2, 0.25) is 0 Å². The first-order valence-electron chi connectivity index (χ1n) is 5.42. The van der Waals surface area contributed by atoms with Crippen molar-refractivity contribution in [1.82, 2.24) is 15.2 Å². The van der Waals surface area contributed by atoms with Crippen molar-refractivity contribution in [2.24, 2.45) is 0 Å². The maximum atomic E-state index is 13.4. The maximum Gasteiger partial charge on any atom is 0.282 e. The highest BCUT2D eigenvalue weighted by atomic mass is 32.2. The number of rotatable bonds is 4. The first-order chi connectivity index (χ1) is 9.83. The molecule has 21 heavy (non-hydrogen) atoms. The summed E-state index contributed by atoms with van der Waals surface area (Å²) in [4.78, 5) is 14.4. The van der Waals surface area contributed by atoms with E-state index in [2.05, 4.69) is 4.98 Å². The third-order valence-electron chi connectivity index (χ3n) is 2.43. The number of aromatic amines is 1. The van der Waals surface area contributed by atoms with Gasteiger partial charge in [-0.25, -0.2) is 21.6 Å². The van der Waals surface area contributed by atoms with Gasteiger partial charge in [0.1, 0.15) is 10.6 Å². The van der Waals surface area contributed by atoms with E-state index < -0.39 is 38.3 Å². The van der Waals surface area contributed by atoms with Gasteiger partial charge in [0.05, 0.1) is 0 Å². The lowest BCUT2D eigenvalue weighted by atomic mass is 10.3. The highest BCUT2D eigenvalue weighted by Crippen LogP contribution is 2.19. The molecule has 2 aromatic rings. The normalized spacial score (nSPS) is 11.4. The molecule has 6 nitrogen and oxygen atoms in total. The molecule has 0 aliphatic rings. The highest BCUT2D eigenvalue weighted by molar-refractivity contribution is 7.89. The van der Waals surface area contributed by atoms with E-state index in [-0.39, 0.29) is 5.69 Å². The molecule has 0 radical (unpaired) electrons. The van der Waals surface area contributed by atoms with Crippen LogP contribution in [-0.2, 0) is 10.0 Å². The molecule has 1 aromatic heterocycles. The Bertz CT molecular complexity index is 776. The summed E-state index contributed by atoms with van der Waals surface area (Å²) in [5.41, 5.74) is 1.84. The Morgan fingerprint density at radius 2 is 1.81 bits per heavy atom. The van der Waals surface area contributed by atoms with Crippen LogP contribution in [-0.4, -0.2) is 19.3 Å². The van der Waals surface area contributed by atoms with Gasteiger partial charge < -0.3 is 4.98 Å². The van der Waals surface area contributed by atoms with Crippen molar-refractivity contribution < 1.29 is 26.4 Å². The minimum Gasteiger partial charge on any atom is -0.357 e. The van der Waals surface area contributed by atoms with Gasteiger partial charge in [-0.3, -0.25) is 10.2 Å². The van der Waals surface area contributed by atoms with E-state index in [4.69, 9.17) is 0 Å². The third kappa shape index (κ3) is 3.06. The summed E-state index contributed by atoms with van der Waals surface area (Å²) in [7, 11) is -4.59. The third-order valence-corrected chi connectivity index (χ3v) is 3.70. The molecule has 0 aliphatic heterocycles. The molecular formula is C11H8F3N3O3S. The summed E-state index contributed by atoms with van der Waals surface area (Å²) in [5, 5.41) is 0. The van der Waals surface area contributed by atoms with Gasteiger partial charge in [-0.15, -0.1) is 4.83 Å². The second-order valence-electron chi connectivity index (χ2n) is 3.82. The van der Waals surface area contributed by atoms with Gasteiger partial charge >= 0.3 is 0 Å². The van der Waals surface area contributed by atoms with Crippen LogP contribution >= 0.6 is 0 Å². The van der Waals surface area contributed by atoms with E-state index in [0.717, 1.165) is 0 Å². The molecule has 1 heterocycles. The Kier molecular flexibility index (Phi) is 4.00. The van der Waals surface area contributed by atoms with Crippen LogP contribution < -0.4 is 10.3 Å². The van der Waals surface area contributed by atoms with Gasteiger partial charge in [0, 0.05) is 6.20 Å². The first-order valence-corrected chi connectivity index (χ1v) is 6.90. The topological polar surface area (TPSA) is 91.1 Å². The zero-order valence-corrected chi connectivity index (χ0v) is 11.0. The van der Waals surface area contributed by atoms with E-state index in [0.29, 0.717) is 12.1 Å². The fourth-order valence-electron chi connectivity index (χ4n) is 1.42. The molecule has 0 saturated heterocycles. The average Bonchev–Trinajstić information content (AvgIpc) is 2.96.